The second-order valence-electron chi connectivity index (χ2n) is 7.19. The van der Waals surface area contributed by atoms with Gasteiger partial charge >= 0.3 is 0 Å². The smallest absolute Gasteiger partial charge is 0.268 e. The number of nitrogens with zero attached hydrogens (tertiary/aromatic N) is 1. The number of carbonyl (C=O) groups is 1. The Morgan fingerprint density at radius 2 is 1.86 bits per heavy atom. The lowest BCUT2D eigenvalue weighted by atomic mass is 10.0. The predicted octanol–water partition coefficient (Wildman–Crippen LogP) is 3.36. The van der Waals surface area contributed by atoms with Crippen molar-refractivity contribution in [2.45, 2.75) is 23.8 Å². The van der Waals surface area contributed by atoms with E-state index in [-0.39, 0.29) is 16.8 Å². The van der Waals surface area contributed by atoms with Gasteiger partial charge in [-0.2, -0.15) is 0 Å². The largest absolute Gasteiger partial charge is 0.344 e. The Morgan fingerprint density at radius 1 is 1.18 bits per heavy atom. The van der Waals surface area contributed by atoms with E-state index in [0.717, 1.165) is 29.3 Å². The number of aryl methyl sites for hydroxylation is 1. The SMILES string of the molecule is Cn1c(C(=O)NC(c2ccc(S(N)(=O)=O)cc2)C2CC2)cc2ccc(Cl)cc21. The van der Waals surface area contributed by atoms with E-state index in [2.05, 4.69) is 5.32 Å². The molecule has 6 nitrogen and oxygen atoms in total. The van der Waals surface area contributed by atoms with Crippen LogP contribution < -0.4 is 10.5 Å². The maximum atomic E-state index is 13.0. The molecule has 0 aliphatic heterocycles. The zero-order valence-electron chi connectivity index (χ0n) is 15.2. The number of benzene rings is 2. The van der Waals surface area contributed by atoms with Crippen LogP contribution in [0.25, 0.3) is 10.9 Å². The highest BCUT2D eigenvalue weighted by Gasteiger charge is 2.34. The van der Waals surface area contributed by atoms with Gasteiger partial charge in [-0.3, -0.25) is 4.79 Å². The average molecular weight is 418 g/mol. The van der Waals surface area contributed by atoms with Crippen LogP contribution in [0, 0.1) is 5.92 Å². The monoisotopic (exact) mass is 417 g/mol. The number of fused-ring (bicyclic) bond motifs is 1. The third-order valence-corrected chi connectivity index (χ3v) is 6.35. The molecule has 146 valence electrons. The van der Waals surface area contributed by atoms with Gasteiger partial charge in [0, 0.05) is 23.0 Å². The third-order valence-electron chi connectivity index (χ3n) is 5.19. The molecule has 4 rings (SSSR count). The summed E-state index contributed by atoms with van der Waals surface area (Å²) in [6.07, 6.45) is 2.04. The molecule has 0 radical (unpaired) electrons. The van der Waals surface area contributed by atoms with Crippen LogP contribution in [0.4, 0.5) is 0 Å². The molecule has 1 aliphatic rings. The van der Waals surface area contributed by atoms with Gasteiger partial charge in [0.1, 0.15) is 5.69 Å². The van der Waals surface area contributed by atoms with Crippen LogP contribution in [-0.4, -0.2) is 18.9 Å². The van der Waals surface area contributed by atoms with Gasteiger partial charge in [0.25, 0.3) is 5.91 Å². The van der Waals surface area contributed by atoms with E-state index in [1.807, 2.05) is 29.8 Å². The standard InChI is InChI=1S/C20H20ClN3O3S/c1-24-17-11-15(21)7-4-14(17)10-18(24)20(25)23-19(12-2-3-12)13-5-8-16(9-6-13)28(22,26)27/h4-12,19H,2-3H2,1H3,(H,23,25)(H2,22,26,27). The van der Waals surface area contributed by atoms with Crippen molar-refractivity contribution >= 4 is 38.4 Å². The molecule has 0 bridgehead atoms. The lowest BCUT2D eigenvalue weighted by Crippen LogP contribution is -2.31. The minimum Gasteiger partial charge on any atom is -0.344 e. The molecule has 1 aliphatic carbocycles. The van der Waals surface area contributed by atoms with Gasteiger partial charge in [-0.1, -0.05) is 29.8 Å². The van der Waals surface area contributed by atoms with Crippen LogP contribution >= 0.6 is 11.6 Å². The van der Waals surface area contributed by atoms with Crippen molar-refractivity contribution in [3.8, 4) is 0 Å². The molecule has 1 unspecified atom stereocenters. The van der Waals surface area contributed by atoms with Crippen LogP contribution in [0.3, 0.4) is 0 Å². The third kappa shape index (κ3) is 3.65. The Labute approximate surface area is 168 Å². The van der Waals surface area contributed by atoms with E-state index in [1.54, 1.807) is 18.2 Å². The maximum absolute atomic E-state index is 13.0. The highest BCUT2D eigenvalue weighted by Crippen LogP contribution is 2.41. The van der Waals surface area contributed by atoms with E-state index >= 15 is 0 Å². The number of carbonyl (C=O) groups excluding carboxylic acids is 1. The van der Waals surface area contributed by atoms with Gasteiger partial charge in [0.05, 0.1) is 10.9 Å². The van der Waals surface area contributed by atoms with Crippen molar-refractivity contribution in [3.63, 3.8) is 0 Å². The summed E-state index contributed by atoms with van der Waals surface area (Å²) < 4.78 is 24.8. The van der Waals surface area contributed by atoms with Gasteiger partial charge in [-0.05, 0) is 54.7 Å². The first-order valence-electron chi connectivity index (χ1n) is 8.92. The summed E-state index contributed by atoms with van der Waals surface area (Å²) in [5, 5.41) is 9.84. The minimum atomic E-state index is -3.74. The number of nitrogens with two attached hydrogens (primary N) is 1. The van der Waals surface area contributed by atoms with Gasteiger partial charge < -0.3 is 9.88 Å². The highest BCUT2D eigenvalue weighted by atomic mass is 35.5. The van der Waals surface area contributed by atoms with Crippen LogP contribution in [0.1, 0.15) is 34.9 Å². The van der Waals surface area contributed by atoms with Crippen molar-refractivity contribution < 1.29 is 13.2 Å². The molecule has 3 aromatic rings. The number of sulfonamides is 1. The van der Waals surface area contributed by atoms with E-state index in [1.165, 1.54) is 12.1 Å². The molecule has 1 saturated carbocycles. The number of hydrogen-bond acceptors (Lipinski definition) is 3. The minimum absolute atomic E-state index is 0.0580. The Morgan fingerprint density at radius 3 is 2.46 bits per heavy atom. The fourth-order valence-electron chi connectivity index (χ4n) is 3.50. The fraction of sp³-hybridized carbons (Fsp3) is 0.250. The lowest BCUT2D eigenvalue weighted by molar-refractivity contribution is 0.0924. The average Bonchev–Trinajstić information content (AvgIpc) is 3.44. The number of amides is 1. The van der Waals surface area contributed by atoms with Gasteiger partial charge in [0.2, 0.25) is 10.0 Å². The maximum Gasteiger partial charge on any atom is 0.268 e. The molecule has 1 atom stereocenters. The van der Waals surface area contributed by atoms with Crippen molar-refractivity contribution in [3.05, 3.63) is 64.8 Å². The summed E-state index contributed by atoms with van der Waals surface area (Å²) in [7, 11) is -1.91. The number of hydrogen-bond donors (Lipinski definition) is 2. The van der Waals surface area contributed by atoms with Crippen molar-refractivity contribution in [1.82, 2.24) is 9.88 Å². The second-order valence-corrected chi connectivity index (χ2v) is 9.19. The molecular weight excluding hydrogens is 398 g/mol. The van der Waals surface area contributed by atoms with Crippen LogP contribution in [0.2, 0.25) is 5.02 Å². The molecule has 0 spiro atoms. The number of aromatic nitrogens is 1. The quantitative estimate of drug-likeness (QED) is 0.666. The molecule has 1 amide bonds. The summed E-state index contributed by atoms with van der Waals surface area (Å²) in [6, 6.07) is 13.6. The molecule has 28 heavy (non-hydrogen) atoms. The zero-order valence-corrected chi connectivity index (χ0v) is 16.8. The van der Waals surface area contributed by atoms with E-state index in [4.69, 9.17) is 16.7 Å². The zero-order chi connectivity index (χ0) is 20.1. The van der Waals surface area contributed by atoms with Crippen molar-refractivity contribution in [2.75, 3.05) is 0 Å². The van der Waals surface area contributed by atoms with Crippen LogP contribution in [-0.2, 0) is 17.1 Å². The molecule has 3 N–H and O–H groups in total. The molecule has 2 aromatic carbocycles. The first-order chi connectivity index (χ1) is 13.2. The van der Waals surface area contributed by atoms with Gasteiger partial charge in [0.15, 0.2) is 0 Å². The summed E-state index contributed by atoms with van der Waals surface area (Å²) in [5.74, 6) is 0.163. The van der Waals surface area contributed by atoms with E-state index < -0.39 is 10.0 Å². The number of rotatable bonds is 5. The molecule has 1 fully saturated rings. The highest BCUT2D eigenvalue weighted by molar-refractivity contribution is 7.89. The van der Waals surface area contributed by atoms with Crippen molar-refractivity contribution in [1.29, 1.82) is 0 Å². The van der Waals surface area contributed by atoms with Crippen LogP contribution in [0.15, 0.2) is 53.4 Å². The topological polar surface area (TPSA) is 94.2 Å². The summed E-state index contributed by atoms with van der Waals surface area (Å²) >= 11 is 6.07. The first kappa shape index (κ1) is 19.0. The van der Waals surface area contributed by atoms with Gasteiger partial charge in [-0.25, -0.2) is 13.6 Å². The Balaban J connectivity index is 1.62. The van der Waals surface area contributed by atoms with Gasteiger partial charge in [-0.15, -0.1) is 0 Å². The summed E-state index contributed by atoms with van der Waals surface area (Å²) in [5.41, 5.74) is 2.30. The Kier molecular flexibility index (Phi) is 4.69. The number of halogens is 1. The van der Waals surface area contributed by atoms with E-state index in [0.29, 0.717) is 16.6 Å². The summed E-state index contributed by atoms with van der Waals surface area (Å²) in [4.78, 5) is 13.0. The Hall–Kier alpha value is -2.35. The molecule has 8 heteroatoms. The fourth-order valence-corrected chi connectivity index (χ4v) is 4.19. The molecular formula is C20H20ClN3O3S. The molecule has 1 heterocycles. The van der Waals surface area contributed by atoms with Crippen molar-refractivity contribution in [2.24, 2.45) is 18.1 Å². The normalized spacial score (nSPS) is 15.5. The number of primary sulfonamides is 1. The number of nitrogens with one attached hydrogen (secondary N) is 1. The predicted molar refractivity (Wildman–Crippen MR) is 109 cm³/mol. The molecule has 0 saturated heterocycles. The summed E-state index contributed by atoms with van der Waals surface area (Å²) in [6.45, 7) is 0. The first-order valence-corrected chi connectivity index (χ1v) is 10.8. The second kappa shape index (κ2) is 6.92. The van der Waals surface area contributed by atoms with Crippen LogP contribution in [0.5, 0.6) is 0 Å². The van der Waals surface area contributed by atoms with E-state index in [9.17, 15) is 13.2 Å². The Bertz CT molecular complexity index is 1170. The lowest BCUT2D eigenvalue weighted by Gasteiger charge is -2.19. The molecule has 1 aromatic heterocycles.